The van der Waals surface area contributed by atoms with Gasteiger partial charge in [0.15, 0.2) is 11.5 Å². The number of sulfonamides is 1. The lowest BCUT2D eigenvalue weighted by Crippen LogP contribution is -2.27. The lowest BCUT2D eigenvalue weighted by Gasteiger charge is -2.21. The number of nitriles is 1. The van der Waals surface area contributed by atoms with Gasteiger partial charge in [0.25, 0.3) is 0 Å². The van der Waals surface area contributed by atoms with Crippen LogP contribution in [0.3, 0.4) is 0 Å². The monoisotopic (exact) mass is 344 g/mol. The van der Waals surface area contributed by atoms with Gasteiger partial charge in [0, 0.05) is 6.04 Å². The maximum Gasteiger partial charge on any atom is 0.241 e. The molecule has 2 aromatic carbocycles. The van der Waals surface area contributed by atoms with Crippen LogP contribution in [0.15, 0.2) is 47.4 Å². The zero-order chi connectivity index (χ0) is 17.2. The van der Waals surface area contributed by atoms with E-state index in [2.05, 4.69) is 4.72 Å². The minimum atomic E-state index is -3.69. The van der Waals surface area contributed by atoms with Crippen molar-refractivity contribution in [2.24, 2.45) is 0 Å². The number of nitrogens with zero attached hydrogens (tertiary/aromatic N) is 1. The molecule has 0 bridgehead atoms. The van der Waals surface area contributed by atoms with Crippen molar-refractivity contribution in [2.75, 3.05) is 13.2 Å². The fourth-order valence-corrected chi connectivity index (χ4v) is 3.64. The van der Waals surface area contributed by atoms with E-state index in [1.54, 1.807) is 25.1 Å². The smallest absolute Gasteiger partial charge is 0.241 e. The van der Waals surface area contributed by atoms with Gasteiger partial charge < -0.3 is 9.47 Å². The molecule has 0 radical (unpaired) electrons. The lowest BCUT2D eigenvalue weighted by atomic mass is 10.1. The second kappa shape index (κ2) is 6.51. The average molecular weight is 344 g/mol. The molecule has 0 unspecified atom stereocenters. The van der Waals surface area contributed by atoms with Crippen molar-refractivity contribution in [3.8, 4) is 17.6 Å². The molecule has 0 fully saturated rings. The Bertz CT molecular complexity index is 886. The van der Waals surface area contributed by atoms with E-state index in [0.29, 0.717) is 30.3 Å². The molecule has 7 heteroatoms. The second-order valence-electron chi connectivity index (χ2n) is 5.38. The zero-order valence-corrected chi connectivity index (χ0v) is 13.8. The summed E-state index contributed by atoms with van der Waals surface area (Å²) in [5, 5.41) is 8.79. The van der Waals surface area contributed by atoms with Crippen LogP contribution in [-0.2, 0) is 10.0 Å². The van der Waals surface area contributed by atoms with Crippen molar-refractivity contribution in [3.63, 3.8) is 0 Å². The summed E-state index contributed by atoms with van der Waals surface area (Å²) < 4.78 is 38.5. The Morgan fingerprint density at radius 1 is 1.08 bits per heavy atom. The lowest BCUT2D eigenvalue weighted by molar-refractivity contribution is 0.171. The zero-order valence-electron chi connectivity index (χ0n) is 13.0. The summed E-state index contributed by atoms with van der Waals surface area (Å²) in [6, 6.07) is 12.7. The molecule has 124 valence electrons. The van der Waals surface area contributed by atoms with Gasteiger partial charge in [0.05, 0.1) is 16.5 Å². The van der Waals surface area contributed by atoms with E-state index in [1.807, 2.05) is 6.07 Å². The predicted octanol–water partition coefficient (Wildman–Crippen LogP) is 2.37. The Morgan fingerprint density at radius 3 is 2.42 bits per heavy atom. The van der Waals surface area contributed by atoms with Crippen molar-refractivity contribution in [2.45, 2.75) is 17.9 Å². The van der Waals surface area contributed by atoms with E-state index in [0.717, 1.165) is 5.56 Å². The molecule has 3 rings (SSSR count). The third kappa shape index (κ3) is 3.35. The number of fused-ring (bicyclic) bond motifs is 1. The first-order chi connectivity index (χ1) is 11.5. The third-order valence-corrected chi connectivity index (χ3v) is 5.25. The highest BCUT2D eigenvalue weighted by Crippen LogP contribution is 2.32. The molecule has 0 saturated carbocycles. The molecule has 1 atom stereocenters. The van der Waals surface area contributed by atoms with E-state index in [1.165, 1.54) is 24.3 Å². The molecule has 0 amide bonds. The normalized spacial score (nSPS) is 14.7. The standard InChI is InChI=1S/C17H16N2O4S/c1-12(14-4-7-16-17(10-14)23-9-8-22-16)19-24(20,21)15-5-2-13(11-18)3-6-15/h2-7,10,12,19H,8-9H2,1H3/t12-/m1/s1. The van der Waals surface area contributed by atoms with Gasteiger partial charge in [-0.1, -0.05) is 6.07 Å². The molecule has 1 aliphatic rings. The SMILES string of the molecule is C[C@@H](NS(=O)(=O)c1ccc(C#N)cc1)c1ccc2c(c1)OCCO2. The van der Waals surface area contributed by atoms with Crippen LogP contribution >= 0.6 is 0 Å². The highest BCUT2D eigenvalue weighted by molar-refractivity contribution is 7.89. The summed E-state index contributed by atoms with van der Waals surface area (Å²) in [5.74, 6) is 1.27. The fourth-order valence-electron chi connectivity index (χ4n) is 2.41. The van der Waals surface area contributed by atoms with E-state index in [4.69, 9.17) is 14.7 Å². The largest absolute Gasteiger partial charge is 0.486 e. The Labute approximate surface area is 140 Å². The molecule has 24 heavy (non-hydrogen) atoms. The maximum absolute atomic E-state index is 12.5. The summed E-state index contributed by atoms with van der Waals surface area (Å²) in [5.41, 5.74) is 1.19. The van der Waals surface area contributed by atoms with Crippen molar-refractivity contribution < 1.29 is 17.9 Å². The summed E-state index contributed by atoms with van der Waals surface area (Å²) in [7, 11) is -3.69. The topological polar surface area (TPSA) is 88.4 Å². The average Bonchev–Trinajstić information content (AvgIpc) is 2.61. The van der Waals surface area contributed by atoms with Gasteiger partial charge in [0.2, 0.25) is 10.0 Å². The summed E-state index contributed by atoms with van der Waals surface area (Å²) >= 11 is 0. The molecule has 2 aromatic rings. The first-order valence-electron chi connectivity index (χ1n) is 7.41. The highest BCUT2D eigenvalue weighted by Gasteiger charge is 2.20. The quantitative estimate of drug-likeness (QED) is 0.920. The van der Waals surface area contributed by atoms with Crippen LogP contribution in [0.2, 0.25) is 0 Å². The van der Waals surface area contributed by atoms with Crippen LogP contribution in [0.25, 0.3) is 0 Å². The van der Waals surface area contributed by atoms with Crippen LogP contribution < -0.4 is 14.2 Å². The number of rotatable bonds is 4. The second-order valence-corrected chi connectivity index (χ2v) is 7.10. The van der Waals surface area contributed by atoms with Crippen LogP contribution in [0.1, 0.15) is 24.1 Å². The Hall–Kier alpha value is -2.56. The number of hydrogen-bond acceptors (Lipinski definition) is 5. The van der Waals surface area contributed by atoms with Gasteiger partial charge >= 0.3 is 0 Å². The first kappa shape index (κ1) is 16.3. The molecule has 1 heterocycles. The van der Waals surface area contributed by atoms with E-state index in [-0.39, 0.29) is 4.90 Å². The van der Waals surface area contributed by atoms with E-state index < -0.39 is 16.1 Å². The Balaban J connectivity index is 1.80. The van der Waals surface area contributed by atoms with Gasteiger partial charge in [-0.15, -0.1) is 0 Å². The molecule has 0 aliphatic carbocycles. The molecule has 0 saturated heterocycles. The molecule has 0 aromatic heterocycles. The van der Waals surface area contributed by atoms with Crippen LogP contribution in [0, 0.1) is 11.3 Å². The van der Waals surface area contributed by atoms with Gasteiger partial charge in [-0.25, -0.2) is 13.1 Å². The highest BCUT2D eigenvalue weighted by atomic mass is 32.2. The molecule has 1 aliphatic heterocycles. The van der Waals surface area contributed by atoms with E-state index >= 15 is 0 Å². The fraction of sp³-hybridized carbons (Fsp3) is 0.235. The van der Waals surface area contributed by atoms with Gasteiger partial charge in [-0.3, -0.25) is 0 Å². The van der Waals surface area contributed by atoms with Crippen molar-refractivity contribution >= 4 is 10.0 Å². The summed E-state index contributed by atoms with van der Waals surface area (Å²) in [4.78, 5) is 0.117. The Kier molecular flexibility index (Phi) is 4.42. The Morgan fingerprint density at radius 2 is 1.75 bits per heavy atom. The van der Waals surface area contributed by atoms with Crippen molar-refractivity contribution in [3.05, 3.63) is 53.6 Å². The van der Waals surface area contributed by atoms with Crippen LogP contribution in [0.5, 0.6) is 11.5 Å². The minimum absolute atomic E-state index is 0.117. The molecule has 1 N–H and O–H groups in total. The van der Waals surface area contributed by atoms with Gasteiger partial charge in [-0.2, -0.15) is 5.26 Å². The molecule has 6 nitrogen and oxygen atoms in total. The number of benzene rings is 2. The molecular weight excluding hydrogens is 328 g/mol. The first-order valence-corrected chi connectivity index (χ1v) is 8.90. The molecular formula is C17H16N2O4S. The summed E-state index contributed by atoms with van der Waals surface area (Å²) in [6.45, 7) is 2.74. The number of nitrogens with one attached hydrogen (secondary N) is 1. The van der Waals surface area contributed by atoms with Crippen LogP contribution in [-0.4, -0.2) is 21.6 Å². The summed E-state index contributed by atoms with van der Waals surface area (Å²) in [6.07, 6.45) is 0. The van der Waals surface area contributed by atoms with Crippen LogP contribution in [0.4, 0.5) is 0 Å². The number of ether oxygens (including phenoxy) is 2. The predicted molar refractivity (Wildman–Crippen MR) is 87.3 cm³/mol. The minimum Gasteiger partial charge on any atom is -0.486 e. The van der Waals surface area contributed by atoms with E-state index in [9.17, 15) is 8.42 Å². The van der Waals surface area contributed by atoms with Crippen molar-refractivity contribution in [1.29, 1.82) is 5.26 Å². The van der Waals surface area contributed by atoms with Gasteiger partial charge in [0.1, 0.15) is 13.2 Å². The third-order valence-electron chi connectivity index (χ3n) is 3.69. The maximum atomic E-state index is 12.5. The number of hydrogen-bond donors (Lipinski definition) is 1. The van der Waals surface area contributed by atoms with Crippen molar-refractivity contribution in [1.82, 2.24) is 4.72 Å². The molecule has 0 spiro atoms. The van der Waals surface area contributed by atoms with Gasteiger partial charge in [-0.05, 0) is 48.9 Å².